The summed E-state index contributed by atoms with van der Waals surface area (Å²) in [4.78, 5) is 31.1. The molecule has 0 bridgehead atoms. The summed E-state index contributed by atoms with van der Waals surface area (Å²) in [6.45, 7) is 4.32. The van der Waals surface area contributed by atoms with Crippen LogP contribution in [0.4, 0.5) is 0 Å². The smallest absolute Gasteiger partial charge is 0.295 e. The van der Waals surface area contributed by atoms with Crippen LogP contribution in [0.2, 0.25) is 5.02 Å². The predicted octanol–water partition coefficient (Wildman–Crippen LogP) is 3.81. The van der Waals surface area contributed by atoms with Crippen molar-refractivity contribution in [1.82, 2.24) is 9.88 Å². The number of aromatic nitrogens is 1. The molecule has 1 aliphatic rings. The number of benzene rings is 1. The standard InChI is InChI=1S/C20H19ClN2O3/c1-12(2)11-23-17(15-5-3-4-10-22-15)16(19(25)20(23)26)18(24)13-6-8-14(21)9-7-13/h3-10,12,17,24H,11H2,1-2H3/t17-/m0/s1. The van der Waals surface area contributed by atoms with Crippen molar-refractivity contribution in [3.05, 3.63) is 70.5 Å². The number of hydrogen-bond acceptors (Lipinski definition) is 4. The number of carbonyl (C=O) groups excluding carboxylic acids is 2. The Labute approximate surface area is 156 Å². The quantitative estimate of drug-likeness (QED) is 0.504. The van der Waals surface area contributed by atoms with E-state index in [0.29, 0.717) is 22.8 Å². The van der Waals surface area contributed by atoms with Crippen LogP contribution in [-0.4, -0.2) is 33.2 Å². The highest BCUT2D eigenvalue weighted by Crippen LogP contribution is 2.38. The summed E-state index contributed by atoms with van der Waals surface area (Å²) in [7, 11) is 0. The molecule has 6 heteroatoms. The Bertz CT molecular complexity index is 860. The number of pyridine rings is 1. The third kappa shape index (κ3) is 3.35. The van der Waals surface area contributed by atoms with Crippen LogP contribution in [0, 0.1) is 5.92 Å². The van der Waals surface area contributed by atoms with Gasteiger partial charge in [-0.25, -0.2) is 0 Å². The van der Waals surface area contributed by atoms with Gasteiger partial charge in [-0.3, -0.25) is 14.6 Å². The van der Waals surface area contributed by atoms with Crippen molar-refractivity contribution in [3.63, 3.8) is 0 Å². The van der Waals surface area contributed by atoms with Gasteiger partial charge in [-0.15, -0.1) is 0 Å². The molecule has 3 rings (SSSR count). The number of Topliss-reactive ketones (excluding diaryl/α,β-unsaturated/α-hetero) is 1. The van der Waals surface area contributed by atoms with Crippen LogP contribution in [0.25, 0.3) is 5.76 Å². The molecular weight excluding hydrogens is 352 g/mol. The predicted molar refractivity (Wildman–Crippen MR) is 99.5 cm³/mol. The summed E-state index contributed by atoms with van der Waals surface area (Å²) in [5.41, 5.74) is 1.03. The van der Waals surface area contributed by atoms with Crippen LogP contribution in [0.3, 0.4) is 0 Å². The molecule has 0 aliphatic carbocycles. The first-order valence-corrected chi connectivity index (χ1v) is 8.73. The zero-order valence-corrected chi connectivity index (χ0v) is 15.3. The number of aliphatic hydroxyl groups is 1. The Morgan fingerprint density at radius 1 is 1.19 bits per heavy atom. The summed E-state index contributed by atoms with van der Waals surface area (Å²) in [5.74, 6) is -1.38. The van der Waals surface area contributed by atoms with Gasteiger partial charge in [0.1, 0.15) is 11.8 Å². The Morgan fingerprint density at radius 3 is 2.46 bits per heavy atom. The largest absolute Gasteiger partial charge is 0.507 e. The highest BCUT2D eigenvalue weighted by molar-refractivity contribution is 6.46. The molecule has 1 N–H and O–H groups in total. The molecule has 0 unspecified atom stereocenters. The summed E-state index contributed by atoms with van der Waals surface area (Å²) in [6.07, 6.45) is 1.60. The second-order valence-corrected chi connectivity index (χ2v) is 7.04. The van der Waals surface area contributed by atoms with E-state index >= 15 is 0 Å². The minimum atomic E-state index is -0.714. The molecule has 2 heterocycles. The van der Waals surface area contributed by atoms with Gasteiger partial charge in [0.2, 0.25) is 0 Å². The molecule has 1 aromatic heterocycles. The van der Waals surface area contributed by atoms with Crippen molar-refractivity contribution in [2.24, 2.45) is 5.92 Å². The van der Waals surface area contributed by atoms with Crippen molar-refractivity contribution in [2.45, 2.75) is 19.9 Å². The van der Waals surface area contributed by atoms with E-state index in [9.17, 15) is 14.7 Å². The van der Waals surface area contributed by atoms with Crippen molar-refractivity contribution < 1.29 is 14.7 Å². The molecule has 0 radical (unpaired) electrons. The lowest BCUT2D eigenvalue weighted by atomic mass is 9.98. The normalized spacial score (nSPS) is 19.4. The lowest BCUT2D eigenvalue weighted by molar-refractivity contribution is -0.140. The van der Waals surface area contributed by atoms with Gasteiger partial charge < -0.3 is 10.0 Å². The van der Waals surface area contributed by atoms with Crippen molar-refractivity contribution in [2.75, 3.05) is 6.54 Å². The van der Waals surface area contributed by atoms with Gasteiger partial charge in [-0.05, 0) is 42.3 Å². The minimum absolute atomic E-state index is 0.0525. The lowest BCUT2D eigenvalue weighted by Crippen LogP contribution is -2.33. The molecule has 1 atom stereocenters. The first-order chi connectivity index (χ1) is 12.4. The fraction of sp³-hybridized carbons (Fsp3) is 0.250. The van der Waals surface area contributed by atoms with E-state index in [4.69, 9.17) is 11.6 Å². The van der Waals surface area contributed by atoms with Crippen LogP contribution in [0.15, 0.2) is 54.2 Å². The van der Waals surface area contributed by atoms with Crippen LogP contribution in [-0.2, 0) is 9.59 Å². The summed E-state index contributed by atoms with van der Waals surface area (Å²) >= 11 is 5.90. The molecule has 0 spiro atoms. The Morgan fingerprint density at radius 2 is 1.88 bits per heavy atom. The summed E-state index contributed by atoms with van der Waals surface area (Å²) < 4.78 is 0. The second-order valence-electron chi connectivity index (χ2n) is 6.61. The number of likely N-dealkylation sites (tertiary alicyclic amines) is 1. The van der Waals surface area contributed by atoms with E-state index in [-0.39, 0.29) is 17.3 Å². The van der Waals surface area contributed by atoms with Gasteiger partial charge >= 0.3 is 0 Å². The highest BCUT2D eigenvalue weighted by atomic mass is 35.5. The molecule has 1 fully saturated rings. The van der Waals surface area contributed by atoms with Crippen molar-refractivity contribution >= 4 is 29.1 Å². The topological polar surface area (TPSA) is 70.5 Å². The molecule has 134 valence electrons. The third-order valence-corrected chi connectivity index (χ3v) is 4.44. The van der Waals surface area contributed by atoms with Crippen molar-refractivity contribution in [1.29, 1.82) is 0 Å². The van der Waals surface area contributed by atoms with Gasteiger partial charge in [-0.2, -0.15) is 0 Å². The van der Waals surface area contributed by atoms with Crippen molar-refractivity contribution in [3.8, 4) is 0 Å². The Hall–Kier alpha value is -2.66. The first kappa shape index (κ1) is 18.1. The number of nitrogens with zero attached hydrogens (tertiary/aromatic N) is 2. The third-order valence-electron chi connectivity index (χ3n) is 4.19. The Balaban J connectivity index is 2.17. The van der Waals surface area contributed by atoms with E-state index in [1.54, 1.807) is 48.7 Å². The molecule has 5 nitrogen and oxygen atoms in total. The maximum absolute atomic E-state index is 12.7. The number of carbonyl (C=O) groups is 2. The van der Waals surface area contributed by atoms with Crippen LogP contribution in [0.1, 0.15) is 31.1 Å². The first-order valence-electron chi connectivity index (χ1n) is 8.35. The zero-order chi connectivity index (χ0) is 18.8. The molecular formula is C20H19ClN2O3. The fourth-order valence-corrected chi connectivity index (χ4v) is 3.20. The van der Waals surface area contributed by atoms with E-state index < -0.39 is 17.7 Å². The number of hydrogen-bond donors (Lipinski definition) is 1. The average molecular weight is 371 g/mol. The number of halogens is 1. The average Bonchev–Trinajstić information content (AvgIpc) is 2.87. The molecule has 26 heavy (non-hydrogen) atoms. The molecule has 2 aromatic rings. The number of ketones is 1. The van der Waals surface area contributed by atoms with Crippen LogP contribution in [0.5, 0.6) is 0 Å². The summed E-state index contributed by atoms with van der Waals surface area (Å²) in [6, 6.07) is 11.1. The summed E-state index contributed by atoms with van der Waals surface area (Å²) in [5, 5.41) is 11.3. The fourth-order valence-electron chi connectivity index (χ4n) is 3.07. The minimum Gasteiger partial charge on any atom is -0.507 e. The van der Waals surface area contributed by atoms with E-state index in [1.807, 2.05) is 13.8 Å². The molecule has 1 saturated heterocycles. The van der Waals surface area contributed by atoms with Gasteiger partial charge in [0, 0.05) is 23.3 Å². The van der Waals surface area contributed by atoms with Gasteiger partial charge in [-0.1, -0.05) is 31.5 Å². The molecule has 1 amide bonds. The van der Waals surface area contributed by atoms with E-state index in [1.165, 1.54) is 4.90 Å². The maximum atomic E-state index is 12.7. The van der Waals surface area contributed by atoms with Gasteiger partial charge in [0.05, 0.1) is 11.3 Å². The highest BCUT2D eigenvalue weighted by Gasteiger charge is 2.46. The zero-order valence-electron chi connectivity index (χ0n) is 14.5. The van der Waals surface area contributed by atoms with Crippen LogP contribution >= 0.6 is 11.6 Å². The maximum Gasteiger partial charge on any atom is 0.295 e. The van der Waals surface area contributed by atoms with Gasteiger partial charge in [0.15, 0.2) is 0 Å². The molecule has 1 aliphatic heterocycles. The monoisotopic (exact) mass is 370 g/mol. The lowest BCUT2D eigenvalue weighted by Gasteiger charge is -2.26. The molecule has 0 saturated carbocycles. The SMILES string of the molecule is CC(C)CN1C(=O)C(=O)C(=C(O)c2ccc(Cl)cc2)[C@@H]1c1ccccn1. The number of aliphatic hydroxyl groups excluding tert-OH is 1. The van der Waals surface area contributed by atoms with E-state index in [2.05, 4.69) is 4.98 Å². The number of rotatable bonds is 4. The van der Waals surface area contributed by atoms with Gasteiger partial charge in [0.25, 0.3) is 11.7 Å². The molecule has 1 aromatic carbocycles. The van der Waals surface area contributed by atoms with E-state index in [0.717, 1.165) is 0 Å². The van der Waals surface area contributed by atoms with Crippen LogP contribution < -0.4 is 0 Å². The second kappa shape index (κ2) is 7.30. The Kier molecular flexibility index (Phi) is 5.09. The number of amides is 1.